The number of carbonyl (C=O) groups excluding carboxylic acids is 2. The molecule has 27 heavy (non-hydrogen) atoms. The first-order chi connectivity index (χ1) is 12.9. The number of furan rings is 1. The van der Waals surface area contributed by atoms with Crippen molar-refractivity contribution in [2.75, 3.05) is 6.61 Å². The summed E-state index contributed by atoms with van der Waals surface area (Å²) in [7, 11) is 0. The summed E-state index contributed by atoms with van der Waals surface area (Å²) in [4.78, 5) is 34.1. The zero-order valence-corrected chi connectivity index (χ0v) is 13.8. The van der Waals surface area contributed by atoms with E-state index in [2.05, 4.69) is 0 Å². The number of nitrogens with zero attached hydrogens (tertiary/aromatic N) is 1. The number of nitro benzene ring substituents is 1. The van der Waals surface area contributed by atoms with Crippen molar-refractivity contribution >= 4 is 17.4 Å². The van der Waals surface area contributed by atoms with Crippen LogP contribution in [0.15, 0.2) is 65.1 Å². The number of Topliss-reactive ketones (excluding diaryl/α,β-unsaturated/α-hetero) is 1. The Hall–Kier alpha value is -3.81. The van der Waals surface area contributed by atoms with Crippen molar-refractivity contribution in [3.63, 3.8) is 0 Å². The number of hydrogen-bond acceptors (Lipinski definition) is 6. The first-order valence-corrected chi connectivity index (χ1v) is 7.74. The summed E-state index contributed by atoms with van der Waals surface area (Å²) in [5.74, 6) is -1.58. The maximum atomic E-state index is 12.8. The average Bonchev–Trinajstić information content (AvgIpc) is 3.17. The van der Waals surface area contributed by atoms with Gasteiger partial charge in [-0.05, 0) is 48.5 Å². The third kappa shape index (κ3) is 4.24. The molecule has 0 aliphatic carbocycles. The van der Waals surface area contributed by atoms with Crippen molar-refractivity contribution in [1.29, 1.82) is 0 Å². The Bertz CT molecular complexity index is 992. The average molecular weight is 369 g/mol. The molecule has 0 bridgehead atoms. The van der Waals surface area contributed by atoms with Gasteiger partial charge in [0.15, 0.2) is 12.4 Å². The first-order valence-electron chi connectivity index (χ1n) is 7.74. The number of non-ortho nitro benzene ring substituents is 1. The van der Waals surface area contributed by atoms with Gasteiger partial charge < -0.3 is 9.15 Å². The molecule has 0 N–H and O–H groups in total. The molecule has 0 fully saturated rings. The number of ketones is 1. The van der Waals surface area contributed by atoms with Gasteiger partial charge in [0, 0.05) is 23.3 Å². The Balaban J connectivity index is 1.63. The largest absolute Gasteiger partial charge is 0.451 e. The summed E-state index contributed by atoms with van der Waals surface area (Å²) in [6, 6.07) is 13.4. The normalized spacial score (nSPS) is 10.4. The molecular formula is C19H12FNO6. The molecule has 0 amide bonds. The fourth-order valence-corrected chi connectivity index (χ4v) is 2.27. The van der Waals surface area contributed by atoms with Crippen molar-refractivity contribution in [1.82, 2.24) is 0 Å². The summed E-state index contributed by atoms with van der Waals surface area (Å²) in [5.41, 5.74) is 0.696. The Morgan fingerprint density at radius 3 is 2.30 bits per heavy atom. The lowest BCUT2D eigenvalue weighted by atomic mass is 10.1. The number of benzene rings is 2. The number of halogens is 1. The van der Waals surface area contributed by atoms with Crippen LogP contribution in [-0.2, 0) is 4.74 Å². The number of hydrogen-bond donors (Lipinski definition) is 0. The van der Waals surface area contributed by atoms with Crippen LogP contribution >= 0.6 is 0 Å². The van der Waals surface area contributed by atoms with E-state index < -0.39 is 29.1 Å². The van der Waals surface area contributed by atoms with Gasteiger partial charge in [-0.1, -0.05) is 0 Å². The molecule has 136 valence electrons. The predicted molar refractivity (Wildman–Crippen MR) is 91.8 cm³/mol. The van der Waals surface area contributed by atoms with E-state index in [9.17, 15) is 24.1 Å². The monoisotopic (exact) mass is 369 g/mol. The van der Waals surface area contributed by atoms with Crippen LogP contribution < -0.4 is 0 Å². The van der Waals surface area contributed by atoms with Crippen molar-refractivity contribution in [2.45, 2.75) is 0 Å². The highest BCUT2D eigenvalue weighted by Crippen LogP contribution is 2.24. The zero-order valence-electron chi connectivity index (χ0n) is 13.8. The molecule has 0 spiro atoms. The molecule has 7 nitrogen and oxygen atoms in total. The van der Waals surface area contributed by atoms with E-state index in [1.165, 1.54) is 48.5 Å². The lowest BCUT2D eigenvalue weighted by molar-refractivity contribution is -0.384. The number of rotatable bonds is 6. The molecule has 2 aromatic carbocycles. The van der Waals surface area contributed by atoms with E-state index in [-0.39, 0.29) is 17.0 Å². The third-order valence-electron chi connectivity index (χ3n) is 3.67. The minimum atomic E-state index is -0.835. The predicted octanol–water partition coefficient (Wildman–Crippen LogP) is 4.03. The quantitative estimate of drug-likeness (QED) is 0.281. The van der Waals surface area contributed by atoms with Gasteiger partial charge in [0.25, 0.3) is 5.69 Å². The van der Waals surface area contributed by atoms with E-state index in [4.69, 9.17) is 9.15 Å². The Morgan fingerprint density at radius 1 is 1.00 bits per heavy atom. The molecule has 1 heterocycles. The van der Waals surface area contributed by atoms with Crippen molar-refractivity contribution in [3.8, 4) is 11.3 Å². The first kappa shape index (κ1) is 18.0. The van der Waals surface area contributed by atoms with Crippen LogP contribution in [0.25, 0.3) is 11.3 Å². The van der Waals surface area contributed by atoms with Crippen LogP contribution in [0.4, 0.5) is 10.1 Å². The molecule has 8 heteroatoms. The number of esters is 1. The smallest absolute Gasteiger partial charge is 0.374 e. The maximum absolute atomic E-state index is 12.8. The summed E-state index contributed by atoms with van der Waals surface area (Å²) in [6.45, 7) is -0.516. The second kappa shape index (κ2) is 7.61. The van der Waals surface area contributed by atoms with Gasteiger partial charge in [-0.15, -0.1) is 0 Å². The van der Waals surface area contributed by atoms with Crippen LogP contribution in [0.3, 0.4) is 0 Å². The summed E-state index contributed by atoms with van der Waals surface area (Å²) in [5, 5.41) is 10.7. The Kier molecular flexibility index (Phi) is 5.07. The van der Waals surface area contributed by atoms with Crippen LogP contribution in [0.5, 0.6) is 0 Å². The van der Waals surface area contributed by atoms with Gasteiger partial charge in [0.1, 0.15) is 11.6 Å². The molecule has 0 saturated heterocycles. The van der Waals surface area contributed by atoms with E-state index in [1.54, 1.807) is 0 Å². The fraction of sp³-hybridized carbons (Fsp3) is 0.0526. The minimum Gasteiger partial charge on any atom is -0.451 e. The highest BCUT2D eigenvalue weighted by molar-refractivity contribution is 5.98. The Labute approximate surface area is 152 Å². The fourth-order valence-electron chi connectivity index (χ4n) is 2.27. The van der Waals surface area contributed by atoms with Crippen LogP contribution in [0, 0.1) is 15.9 Å². The van der Waals surface area contributed by atoms with Crippen molar-refractivity contribution < 1.29 is 28.1 Å². The van der Waals surface area contributed by atoms with E-state index in [0.29, 0.717) is 11.3 Å². The third-order valence-corrected chi connectivity index (χ3v) is 3.67. The summed E-state index contributed by atoms with van der Waals surface area (Å²) >= 11 is 0. The zero-order chi connectivity index (χ0) is 19.4. The highest BCUT2D eigenvalue weighted by atomic mass is 19.1. The molecule has 0 atom stereocenters. The molecule has 0 unspecified atom stereocenters. The van der Waals surface area contributed by atoms with Crippen LogP contribution in [-0.4, -0.2) is 23.3 Å². The topological polar surface area (TPSA) is 99.7 Å². The van der Waals surface area contributed by atoms with Gasteiger partial charge in [0.05, 0.1) is 4.92 Å². The molecular weight excluding hydrogens is 357 g/mol. The van der Waals surface area contributed by atoms with E-state index >= 15 is 0 Å². The SMILES string of the molecule is O=C(COC(=O)c1ccc(-c2ccc([N+](=O)[O-])cc2)o1)c1ccc(F)cc1. The summed E-state index contributed by atoms with van der Waals surface area (Å²) < 4.78 is 23.1. The molecule has 0 aliphatic rings. The number of ether oxygens (including phenoxy) is 1. The van der Waals surface area contributed by atoms with Crippen molar-refractivity contribution in [3.05, 3.63) is 87.9 Å². The second-order valence-corrected chi connectivity index (χ2v) is 5.47. The van der Waals surface area contributed by atoms with Gasteiger partial charge in [-0.3, -0.25) is 14.9 Å². The van der Waals surface area contributed by atoms with Gasteiger partial charge >= 0.3 is 5.97 Å². The Morgan fingerprint density at radius 2 is 1.67 bits per heavy atom. The lowest BCUT2D eigenvalue weighted by Gasteiger charge is -2.03. The second-order valence-electron chi connectivity index (χ2n) is 5.47. The lowest BCUT2D eigenvalue weighted by Crippen LogP contribution is -2.13. The van der Waals surface area contributed by atoms with Crippen molar-refractivity contribution in [2.24, 2.45) is 0 Å². The molecule has 0 saturated carbocycles. The maximum Gasteiger partial charge on any atom is 0.374 e. The van der Waals surface area contributed by atoms with Gasteiger partial charge in [0.2, 0.25) is 5.76 Å². The molecule has 0 aliphatic heterocycles. The number of carbonyl (C=O) groups is 2. The van der Waals surface area contributed by atoms with Gasteiger partial charge in [-0.25, -0.2) is 9.18 Å². The van der Waals surface area contributed by atoms with E-state index in [0.717, 1.165) is 12.1 Å². The molecule has 1 aromatic heterocycles. The standard InChI is InChI=1S/C19H12FNO6/c20-14-5-1-12(2-6-14)16(22)11-26-19(23)18-10-9-17(27-18)13-3-7-15(8-4-13)21(24)25/h1-10H,11H2. The van der Waals surface area contributed by atoms with E-state index in [1.807, 2.05) is 0 Å². The van der Waals surface area contributed by atoms with Gasteiger partial charge in [-0.2, -0.15) is 0 Å². The van der Waals surface area contributed by atoms with Crippen LogP contribution in [0.1, 0.15) is 20.9 Å². The minimum absolute atomic E-state index is 0.0655. The van der Waals surface area contributed by atoms with Crippen LogP contribution in [0.2, 0.25) is 0 Å². The molecule has 3 aromatic rings. The molecule has 3 rings (SSSR count). The molecule has 0 radical (unpaired) electrons. The summed E-state index contributed by atoms with van der Waals surface area (Å²) in [6.07, 6.45) is 0. The highest BCUT2D eigenvalue weighted by Gasteiger charge is 2.16. The number of nitro groups is 1.